The van der Waals surface area contributed by atoms with Gasteiger partial charge in [0.05, 0.1) is 5.69 Å². The molecule has 0 aliphatic rings. The van der Waals surface area contributed by atoms with Crippen LogP contribution >= 0.6 is 0 Å². The van der Waals surface area contributed by atoms with Crippen LogP contribution in [0.1, 0.15) is 28.9 Å². The van der Waals surface area contributed by atoms with Gasteiger partial charge in [-0.3, -0.25) is 9.48 Å². The lowest BCUT2D eigenvalue weighted by atomic mass is 10.1. The van der Waals surface area contributed by atoms with Gasteiger partial charge in [-0.1, -0.05) is 12.1 Å². The van der Waals surface area contributed by atoms with Crippen LogP contribution < -0.4 is 10.1 Å². The molecule has 5 nitrogen and oxygen atoms in total. The van der Waals surface area contributed by atoms with Crippen LogP contribution in [0.25, 0.3) is 0 Å². The van der Waals surface area contributed by atoms with Gasteiger partial charge in [-0.25, -0.2) is 0 Å². The highest BCUT2D eigenvalue weighted by molar-refractivity contribution is 5.76. The number of ether oxygens (including phenoxy) is 1. The molecule has 0 fully saturated rings. The summed E-state index contributed by atoms with van der Waals surface area (Å²) in [5, 5.41) is 7.22. The van der Waals surface area contributed by atoms with Crippen LogP contribution in [0.15, 0.2) is 24.3 Å². The first-order valence-corrected chi connectivity index (χ1v) is 8.16. The topological polar surface area (TPSA) is 56.2 Å². The maximum absolute atomic E-state index is 12.1. The van der Waals surface area contributed by atoms with Gasteiger partial charge in [0.15, 0.2) is 0 Å². The lowest BCUT2D eigenvalue weighted by Gasteiger charge is -2.07. The number of alkyl halides is 2. The lowest BCUT2D eigenvalue weighted by Crippen LogP contribution is -2.26. The fourth-order valence-corrected chi connectivity index (χ4v) is 2.69. The van der Waals surface area contributed by atoms with Crippen LogP contribution in [-0.4, -0.2) is 28.8 Å². The molecule has 0 saturated heterocycles. The summed E-state index contributed by atoms with van der Waals surface area (Å²) in [6, 6.07) is 6.42. The molecular formula is C18H23F2N3O2. The fraction of sp³-hybridized carbons (Fsp3) is 0.444. The minimum atomic E-state index is -2.82. The van der Waals surface area contributed by atoms with E-state index < -0.39 is 6.61 Å². The smallest absolute Gasteiger partial charge is 0.387 e. The molecule has 0 spiro atoms. The van der Waals surface area contributed by atoms with Gasteiger partial charge in [-0.15, -0.1) is 0 Å². The Labute approximate surface area is 146 Å². The normalized spacial score (nSPS) is 11.0. The fourth-order valence-electron chi connectivity index (χ4n) is 2.69. The first-order chi connectivity index (χ1) is 11.9. The van der Waals surface area contributed by atoms with Gasteiger partial charge in [0.1, 0.15) is 5.75 Å². The summed E-state index contributed by atoms with van der Waals surface area (Å²) in [6.07, 6.45) is 1.71. The first-order valence-electron chi connectivity index (χ1n) is 8.16. The van der Waals surface area contributed by atoms with E-state index in [1.807, 2.05) is 25.6 Å². The van der Waals surface area contributed by atoms with Crippen LogP contribution in [0.2, 0.25) is 0 Å². The molecule has 0 bridgehead atoms. The minimum absolute atomic E-state index is 0.0136. The predicted molar refractivity (Wildman–Crippen MR) is 90.8 cm³/mol. The van der Waals surface area contributed by atoms with E-state index in [4.69, 9.17) is 0 Å². The molecule has 1 N–H and O–H groups in total. The highest BCUT2D eigenvalue weighted by Gasteiger charge is 2.11. The molecule has 25 heavy (non-hydrogen) atoms. The summed E-state index contributed by atoms with van der Waals surface area (Å²) < 4.78 is 30.3. The Morgan fingerprint density at radius 1 is 1.24 bits per heavy atom. The van der Waals surface area contributed by atoms with E-state index in [9.17, 15) is 13.6 Å². The summed E-state index contributed by atoms with van der Waals surface area (Å²) in [5.41, 5.74) is 4.10. The third-order valence-corrected chi connectivity index (χ3v) is 4.15. The van der Waals surface area contributed by atoms with Crippen molar-refractivity contribution in [2.45, 2.75) is 39.7 Å². The third kappa shape index (κ3) is 5.55. The molecule has 0 aliphatic carbocycles. The van der Waals surface area contributed by atoms with Gasteiger partial charge in [0, 0.05) is 25.7 Å². The Bertz CT molecular complexity index is 712. The van der Waals surface area contributed by atoms with Crippen LogP contribution in [0.4, 0.5) is 8.78 Å². The van der Waals surface area contributed by atoms with E-state index >= 15 is 0 Å². The molecule has 7 heteroatoms. The van der Waals surface area contributed by atoms with Crippen molar-refractivity contribution in [2.24, 2.45) is 7.05 Å². The zero-order valence-corrected chi connectivity index (χ0v) is 14.7. The molecule has 2 aromatic rings. The number of carbonyl (C=O) groups excluding carboxylic acids is 1. The van der Waals surface area contributed by atoms with Crippen molar-refractivity contribution in [1.82, 2.24) is 15.1 Å². The van der Waals surface area contributed by atoms with Crippen molar-refractivity contribution >= 4 is 5.91 Å². The maximum Gasteiger partial charge on any atom is 0.387 e. The van der Waals surface area contributed by atoms with Gasteiger partial charge < -0.3 is 10.1 Å². The van der Waals surface area contributed by atoms with Gasteiger partial charge in [-0.05, 0) is 49.9 Å². The van der Waals surface area contributed by atoms with E-state index in [1.165, 1.54) is 12.1 Å². The monoisotopic (exact) mass is 351 g/mol. The van der Waals surface area contributed by atoms with Crippen molar-refractivity contribution in [2.75, 3.05) is 6.54 Å². The van der Waals surface area contributed by atoms with Gasteiger partial charge in [0.25, 0.3) is 0 Å². The summed E-state index contributed by atoms with van der Waals surface area (Å²) in [5.74, 6) is 0.116. The van der Waals surface area contributed by atoms with Crippen molar-refractivity contribution in [1.29, 1.82) is 0 Å². The van der Waals surface area contributed by atoms with Crippen molar-refractivity contribution in [3.63, 3.8) is 0 Å². The number of carbonyl (C=O) groups is 1. The quantitative estimate of drug-likeness (QED) is 0.796. The average molecular weight is 351 g/mol. The van der Waals surface area contributed by atoms with Crippen molar-refractivity contribution < 1.29 is 18.3 Å². The van der Waals surface area contributed by atoms with Gasteiger partial charge in [0.2, 0.25) is 5.91 Å². The molecular weight excluding hydrogens is 328 g/mol. The molecule has 136 valence electrons. The van der Waals surface area contributed by atoms with Gasteiger partial charge in [-0.2, -0.15) is 13.9 Å². The Morgan fingerprint density at radius 2 is 1.92 bits per heavy atom. The first kappa shape index (κ1) is 18.9. The molecule has 1 heterocycles. The lowest BCUT2D eigenvalue weighted by molar-refractivity contribution is -0.121. The van der Waals surface area contributed by atoms with E-state index in [0.717, 1.165) is 22.5 Å². The SMILES string of the molecule is Cc1nn(C)c(C)c1CCC(=O)NCCc1ccc(OC(F)F)cc1. The molecule has 2 rings (SSSR count). The number of aryl methyl sites for hydroxylation is 2. The zero-order valence-electron chi connectivity index (χ0n) is 14.7. The molecule has 0 radical (unpaired) electrons. The molecule has 0 unspecified atom stereocenters. The maximum atomic E-state index is 12.1. The minimum Gasteiger partial charge on any atom is -0.435 e. The van der Waals surface area contributed by atoms with Crippen molar-refractivity contribution in [3.8, 4) is 5.75 Å². The molecule has 0 saturated carbocycles. The number of rotatable bonds is 8. The number of aromatic nitrogens is 2. The summed E-state index contributed by atoms with van der Waals surface area (Å²) >= 11 is 0. The van der Waals surface area contributed by atoms with Crippen molar-refractivity contribution in [3.05, 3.63) is 46.8 Å². The Kier molecular flexibility index (Phi) is 6.50. The molecule has 1 aromatic carbocycles. The Balaban J connectivity index is 1.73. The van der Waals surface area contributed by atoms with E-state index in [-0.39, 0.29) is 11.7 Å². The van der Waals surface area contributed by atoms with E-state index in [1.54, 1.807) is 12.1 Å². The largest absolute Gasteiger partial charge is 0.435 e. The van der Waals surface area contributed by atoms with Crippen LogP contribution in [0.5, 0.6) is 5.75 Å². The van der Waals surface area contributed by atoms with Crippen LogP contribution in [0.3, 0.4) is 0 Å². The molecule has 0 aliphatic heterocycles. The number of benzene rings is 1. The standard InChI is InChI=1S/C18H23F2N3O2/c1-12-16(13(2)23(3)22-12)8-9-17(24)21-11-10-14-4-6-15(7-5-14)25-18(19)20/h4-7,18H,8-11H2,1-3H3,(H,21,24). The highest BCUT2D eigenvalue weighted by Crippen LogP contribution is 2.15. The van der Waals surface area contributed by atoms with Crippen LogP contribution in [0, 0.1) is 13.8 Å². The second-order valence-electron chi connectivity index (χ2n) is 5.90. The molecule has 1 aromatic heterocycles. The number of hydrogen-bond donors (Lipinski definition) is 1. The molecule has 1 amide bonds. The van der Waals surface area contributed by atoms with Gasteiger partial charge >= 0.3 is 6.61 Å². The van der Waals surface area contributed by atoms with Crippen LogP contribution in [-0.2, 0) is 24.7 Å². The zero-order chi connectivity index (χ0) is 18.4. The number of halogens is 2. The molecule has 0 atom stereocenters. The predicted octanol–water partition coefficient (Wildman–Crippen LogP) is 2.93. The third-order valence-electron chi connectivity index (χ3n) is 4.15. The highest BCUT2D eigenvalue weighted by atomic mass is 19.3. The number of nitrogens with one attached hydrogen (secondary N) is 1. The Hall–Kier alpha value is -2.44. The average Bonchev–Trinajstić information content (AvgIpc) is 2.79. The summed E-state index contributed by atoms with van der Waals surface area (Å²) in [6.45, 7) is 1.62. The van der Waals surface area contributed by atoms with E-state index in [0.29, 0.717) is 25.8 Å². The number of hydrogen-bond acceptors (Lipinski definition) is 3. The second-order valence-corrected chi connectivity index (χ2v) is 5.90. The second kappa shape index (κ2) is 8.60. The number of amides is 1. The summed E-state index contributed by atoms with van der Waals surface area (Å²) in [7, 11) is 1.89. The summed E-state index contributed by atoms with van der Waals surface area (Å²) in [4.78, 5) is 12.0. The number of nitrogens with zero attached hydrogens (tertiary/aromatic N) is 2. The Morgan fingerprint density at radius 3 is 2.48 bits per heavy atom. The van der Waals surface area contributed by atoms with E-state index in [2.05, 4.69) is 15.2 Å².